The Morgan fingerprint density at radius 1 is 1.19 bits per heavy atom. The highest BCUT2D eigenvalue weighted by Crippen LogP contribution is 2.47. The third kappa shape index (κ3) is 1.90. The van der Waals surface area contributed by atoms with Gasteiger partial charge in [-0.15, -0.1) is 11.3 Å². The number of H-pyrrole nitrogens is 1. The molecule has 1 N–H and O–H groups in total. The maximum atomic E-state index is 4.25. The summed E-state index contributed by atoms with van der Waals surface area (Å²) in [6, 6.07) is 10.5. The van der Waals surface area contributed by atoms with Crippen LogP contribution in [0.15, 0.2) is 36.5 Å². The number of hydrogen-bond donors (Lipinski definition) is 1. The number of benzene rings is 1. The quantitative estimate of drug-likeness (QED) is 0.764. The largest absolute Gasteiger partial charge is 0.336 e. The zero-order valence-electron chi connectivity index (χ0n) is 12.2. The summed E-state index contributed by atoms with van der Waals surface area (Å²) in [5, 5.41) is 8.75. The fourth-order valence-corrected chi connectivity index (χ4v) is 4.29. The van der Waals surface area contributed by atoms with E-state index >= 15 is 0 Å². The van der Waals surface area contributed by atoms with Crippen molar-refractivity contribution >= 4 is 22.0 Å². The lowest BCUT2D eigenvalue weighted by Crippen LogP contribution is -2.10. The lowest BCUT2D eigenvalue weighted by molar-refractivity contribution is 0.940. The fraction of sp³-hybridized carbons (Fsp3) is 0.235. The van der Waals surface area contributed by atoms with Gasteiger partial charge in [-0.3, -0.25) is 5.10 Å². The van der Waals surface area contributed by atoms with Crippen LogP contribution in [-0.4, -0.2) is 17.2 Å². The zero-order chi connectivity index (χ0) is 14.4. The van der Waals surface area contributed by atoms with Crippen LogP contribution in [0.25, 0.3) is 11.3 Å². The van der Waals surface area contributed by atoms with Crippen LogP contribution in [0.1, 0.15) is 16.0 Å². The molecule has 0 bridgehead atoms. The monoisotopic (exact) mass is 295 g/mol. The summed E-state index contributed by atoms with van der Waals surface area (Å²) < 4.78 is 0. The van der Waals surface area contributed by atoms with Crippen molar-refractivity contribution in [2.75, 3.05) is 11.9 Å². The van der Waals surface area contributed by atoms with Gasteiger partial charge in [-0.25, -0.2) is 0 Å². The van der Waals surface area contributed by atoms with Crippen molar-refractivity contribution in [3.63, 3.8) is 0 Å². The van der Waals surface area contributed by atoms with E-state index < -0.39 is 0 Å². The molecule has 0 atom stereocenters. The molecule has 21 heavy (non-hydrogen) atoms. The first-order valence-corrected chi connectivity index (χ1v) is 8.01. The molecule has 0 aliphatic heterocycles. The molecular formula is C17H17N3S. The first kappa shape index (κ1) is 12.7. The highest BCUT2D eigenvalue weighted by molar-refractivity contribution is 7.17. The van der Waals surface area contributed by atoms with Crippen molar-refractivity contribution < 1.29 is 0 Å². The first-order valence-electron chi connectivity index (χ1n) is 7.19. The molecule has 0 spiro atoms. The van der Waals surface area contributed by atoms with E-state index in [0.29, 0.717) is 0 Å². The van der Waals surface area contributed by atoms with E-state index in [1.165, 1.54) is 37.9 Å². The summed E-state index contributed by atoms with van der Waals surface area (Å²) in [6.45, 7) is 2.23. The Labute approximate surface area is 128 Å². The molecule has 0 fully saturated rings. The van der Waals surface area contributed by atoms with E-state index in [2.05, 4.69) is 59.4 Å². The summed E-state index contributed by atoms with van der Waals surface area (Å²) in [4.78, 5) is 3.70. The number of rotatable bonds is 2. The molecule has 1 aliphatic carbocycles. The molecule has 4 rings (SSSR count). The minimum Gasteiger partial charge on any atom is -0.336 e. The van der Waals surface area contributed by atoms with Gasteiger partial charge in [0.15, 0.2) is 0 Å². The van der Waals surface area contributed by atoms with Gasteiger partial charge in [0.2, 0.25) is 0 Å². The Bertz CT molecular complexity index is 786. The second kappa shape index (κ2) is 4.74. The van der Waals surface area contributed by atoms with Crippen LogP contribution < -0.4 is 4.90 Å². The van der Waals surface area contributed by atoms with Crippen molar-refractivity contribution in [1.82, 2.24) is 10.2 Å². The van der Waals surface area contributed by atoms with E-state index in [4.69, 9.17) is 0 Å². The van der Waals surface area contributed by atoms with E-state index in [9.17, 15) is 0 Å². The van der Waals surface area contributed by atoms with Crippen molar-refractivity contribution in [2.24, 2.45) is 0 Å². The summed E-state index contributed by atoms with van der Waals surface area (Å²) in [7, 11) is 2.14. The van der Waals surface area contributed by atoms with Gasteiger partial charge in [-0.2, -0.15) is 5.10 Å². The Kier molecular flexibility index (Phi) is 2.86. The molecule has 4 heteroatoms. The molecule has 0 amide bonds. The number of nitrogens with zero attached hydrogens (tertiary/aromatic N) is 2. The lowest BCUT2D eigenvalue weighted by atomic mass is 9.92. The van der Waals surface area contributed by atoms with Crippen molar-refractivity contribution in [3.05, 3.63) is 52.5 Å². The summed E-state index contributed by atoms with van der Waals surface area (Å²) >= 11 is 1.88. The maximum Gasteiger partial charge on any atom is 0.105 e. The smallest absolute Gasteiger partial charge is 0.105 e. The number of aromatic nitrogens is 2. The van der Waals surface area contributed by atoms with Crippen molar-refractivity contribution in [3.8, 4) is 11.3 Å². The van der Waals surface area contributed by atoms with Crippen molar-refractivity contribution in [2.45, 2.75) is 19.8 Å². The van der Waals surface area contributed by atoms with Gasteiger partial charge in [-0.05, 0) is 43.0 Å². The molecule has 1 aliphatic rings. The van der Waals surface area contributed by atoms with Gasteiger partial charge in [0, 0.05) is 23.2 Å². The van der Waals surface area contributed by atoms with Gasteiger partial charge in [0.1, 0.15) is 5.00 Å². The third-order valence-corrected chi connectivity index (χ3v) is 5.47. The molecule has 3 nitrogen and oxygen atoms in total. The number of fused-ring (bicyclic) bond motifs is 3. The molecule has 0 saturated carbocycles. The first-order chi connectivity index (χ1) is 10.3. The fourth-order valence-electron chi connectivity index (χ4n) is 3.10. The van der Waals surface area contributed by atoms with E-state index in [1.54, 1.807) is 0 Å². The van der Waals surface area contributed by atoms with Crippen LogP contribution in [0, 0.1) is 6.92 Å². The molecule has 0 saturated heterocycles. The Morgan fingerprint density at radius 2 is 2.00 bits per heavy atom. The average molecular weight is 295 g/mol. The summed E-state index contributed by atoms with van der Waals surface area (Å²) in [5.74, 6) is 0. The Hall–Kier alpha value is -2.07. The average Bonchev–Trinajstić information content (AvgIpc) is 3.11. The predicted molar refractivity (Wildman–Crippen MR) is 88.6 cm³/mol. The second-order valence-electron chi connectivity index (χ2n) is 5.48. The molecule has 106 valence electrons. The molecule has 3 aromatic rings. The predicted octanol–water partition coefficient (Wildman–Crippen LogP) is 4.31. The highest BCUT2D eigenvalue weighted by atomic mass is 32.1. The molecule has 0 unspecified atom stereocenters. The van der Waals surface area contributed by atoms with Gasteiger partial charge in [0.25, 0.3) is 0 Å². The second-order valence-corrected chi connectivity index (χ2v) is 6.68. The summed E-state index contributed by atoms with van der Waals surface area (Å²) in [5.41, 5.74) is 6.59. The van der Waals surface area contributed by atoms with Crippen LogP contribution in [-0.2, 0) is 12.8 Å². The topological polar surface area (TPSA) is 31.9 Å². The lowest BCUT2D eigenvalue weighted by Gasteiger charge is -2.21. The van der Waals surface area contributed by atoms with Gasteiger partial charge >= 0.3 is 0 Å². The van der Waals surface area contributed by atoms with Crippen LogP contribution in [0.3, 0.4) is 0 Å². The third-order valence-electron chi connectivity index (χ3n) is 4.25. The number of aryl methyl sites for hydroxylation is 2. The van der Waals surface area contributed by atoms with Crippen LogP contribution in [0.2, 0.25) is 0 Å². The molecule has 0 radical (unpaired) electrons. The number of nitrogens with one attached hydrogen (secondary N) is 1. The molecular weight excluding hydrogens is 278 g/mol. The maximum absolute atomic E-state index is 4.25. The van der Waals surface area contributed by atoms with Gasteiger partial charge in [-0.1, -0.05) is 18.2 Å². The van der Waals surface area contributed by atoms with E-state index in [1.807, 2.05) is 17.5 Å². The van der Waals surface area contributed by atoms with Crippen LogP contribution in [0.5, 0.6) is 0 Å². The van der Waals surface area contributed by atoms with Gasteiger partial charge in [0.05, 0.1) is 11.9 Å². The van der Waals surface area contributed by atoms with Gasteiger partial charge < -0.3 is 4.90 Å². The highest BCUT2D eigenvalue weighted by Gasteiger charge is 2.27. The molecule has 2 aromatic heterocycles. The van der Waals surface area contributed by atoms with Crippen LogP contribution in [0.4, 0.5) is 10.7 Å². The molecule has 2 heterocycles. The number of aromatic amines is 1. The SMILES string of the molecule is Cc1sc(N(C)c2ccccc2)c2c1CCc1cn[nH]c1-2. The minimum atomic E-state index is 1.09. The Morgan fingerprint density at radius 3 is 2.81 bits per heavy atom. The number of anilines is 2. The number of thiophene rings is 1. The summed E-state index contributed by atoms with van der Waals surface area (Å²) in [6.07, 6.45) is 4.18. The van der Waals surface area contributed by atoms with Crippen LogP contribution >= 0.6 is 11.3 Å². The van der Waals surface area contributed by atoms with E-state index in [-0.39, 0.29) is 0 Å². The standard InChI is InChI=1S/C17H17N3S/c1-11-14-9-8-12-10-18-19-16(12)15(14)17(21-11)20(2)13-6-4-3-5-7-13/h3-7,10H,8-9H2,1-2H3,(H,18,19). The van der Waals surface area contributed by atoms with Crippen molar-refractivity contribution in [1.29, 1.82) is 0 Å². The number of para-hydroxylation sites is 1. The number of hydrogen-bond acceptors (Lipinski definition) is 3. The van der Waals surface area contributed by atoms with E-state index in [0.717, 1.165) is 12.8 Å². The Balaban J connectivity index is 1.89. The molecule has 1 aromatic carbocycles. The zero-order valence-corrected chi connectivity index (χ0v) is 13.0. The minimum absolute atomic E-state index is 1.09. The normalized spacial score (nSPS) is 12.9.